The van der Waals surface area contributed by atoms with E-state index < -0.39 is 53.2 Å². The number of halogens is 4. The average Bonchev–Trinajstić information content (AvgIpc) is 3.69. The number of thioether (sulfide) groups is 1. The van der Waals surface area contributed by atoms with Gasteiger partial charge in [-0.1, -0.05) is 22.6 Å². The molecule has 6 atom stereocenters. The summed E-state index contributed by atoms with van der Waals surface area (Å²) in [5.74, 6) is 5.42. The van der Waals surface area contributed by atoms with Gasteiger partial charge in [-0.15, -0.1) is 11.8 Å². The first-order valence-electron chi connectivity index (χ1n) is 16.3. The van der Waals surface area contributed by atoms with Crippen LogP contribution in [-0.2, 0) is 19.8 Å². The third-order valence-electron chi connectivity index (χ3n) is 8.36. The number of aryl methyl sites for hydroxylation is 1. The third kappa shape index (κ3) is 9.63. The molecule has 3 fully saturated rings. The van der Waals surface area contributed by atoms with Gasteiger partial charge in [0, 0.05) is 51.5 Å². The van der Waals surface area contributed by atoms with Crippen molar-refractivity contribution >= 4 is 41.0 Å². The molecule has 18 nitrogen and oxygen atoms in total. The van der Waals surface area contributed by atoms with Gasteiger partial charge in [0.25, 0.3) is 11.2 Å². The molecule has 0 unspecified atom stereocenters. The van der Waals surface area contributed by atoms with Crippen LogP contribution in [0.2, 0.25) is 5.02 Å². The summed E-state index contributed by atoms with van der Waals surface area (Å²) in [7, 11) is 0. The molecule has 1 aliphatic carbocycles. The number of cyclic esters (lactones) is 1. The van der Waals surface area contributed by atoms with Crippen LogP contribution >= 0.6 is 23.4 Å². The van der Waals surface area contributed by atoms with Crippen LogP contribution in [0.1, 0.15) is 42.8 Å². The van der Waals surface area contributed by atoms with E-state index in [1.807, 2.05) is 0 Å². The van der Waals surface area contributed by atoms with Gasteiger partial charge >= 0.3 is 23.6 Å². The predicted octanol–water partition coefficient (Wildman–Crippen LogP) is 3.28. The molecule has 6 N–H and O–H groups in total. The lowest BCUT2D eigenvalue weighted by Gasteiger charge is -2.35. The summed E-state index contributed by atoms with van der Waals surface area (Å²) < 4.78 is 58.9. The Labute approximate surface area is 317 Å². The second kappa shape index (κ2) is 17.2. The number of aliphatic hydroxyl groups excluding tert-OH is 2. The minimum Gasteiger partial charge on any atom is -0.415 e. The molecule has 0 radical (unpaired) electrons. The fourth-order valence-electron chi connectivity index (χ4n) is 5.42. The number of alkyl halides is 3. The van der Waals surface area contributed by atoms with E-state index in [-0.39, 0.29) is 59.3 Å². The zero-order valence-electron chi connectivity index (χ0n) is 28.6. The van der Waals surface area contributed by atoms with Gasteiger partial charge in [0.15, 0.2) is 0 Å². The number of hydrogen-bond acceptors (Lipinski definition) is 13. The van der Waals surface area contributed by atoms with Gasteiger partial charge in [-0.05, 0) is 55.5 Å². The highest BCUT2D eigenvalue weighted by atomic mass is 35.5. The largest absolute Gasteiger partial charge is 0.445 e. The highest BCUT2D eigenvalue weighted by molar-refractivity contribution is 8.00. The Bertz CT molecular complexity index is 2200. The fourth-order valence-corrected chi connectivity index (χ4v) is 6.52. The van der Waals surface area contributed by atoms with Gasteiger partial charge in [-0.2, -0.15) is 18.2 Å². The molecule has 4 aliphatic rings. The molecule has 2 saturated heterocycles. The number of nitrogens with two attached hydrogens (primary N) is 1. The Morgan fingerprint density at radius 1 is 1.16 bits per heavy atom. The number of aromatic nitrogens is 4. The molecule has 1 amide bonds. The van der Waals surface area contributed by atoms with Crippen molar-refractivity contribution in [3.63, 3.8) is 0 Å². The summed E-state index contributed by atoms with van der Waals surface area (Å²) in [6.07, 6.45) is -3.03. The predicted molar refractivity (Wildman–Crippen MR) is 191 cm³/mol. The van der Waals surface area contributed by atoms with Crippen molar-refractivity contribution in [3.8, 4) is 11.8 Å². The SMILES string of the molecule is Cc1cn([C@H]2C[C@H](N=[N+]=[N-])[C@@H](CO)O2)c(=O)[nH]c1=O.Nc1ccn([C@@H]2CS[C@H](CO)O2)c(=O)n1.O=C1Nc2ccc(Cl)cc2[C@@](C#CC2CC2)(C(F)(F)F)O1. The number of ether oxygens (including phenoxy) is 3. The summed E-state index contributed by atoms with van der Waals surface area (Å²) >= 11 is 7.25. The molecule has 1 aromatic carbocycles. The van der Waals surface area contributed by atoms with E-state index in [9.17, 15) is 32.3 Å². The number of aromatic amines is 1. The van der Waals surface area contributed by atoms with E-state index in [0.29, 0.717) is 11.3 Å². The minimum atomic E-state index is -4.87. The van der Waals surface area contributed by atoms with Crippen molar-refractivity contribution in [1.82, 2.24) is 19.1 Å². The topological polar surface area (TPSA) is 262 Å². The lowest BCUT2D eigenvalue weighted by atomic mass is 9.90. The second-order valence-electron chi connectivity index (χ2n) is 12.3. The van der Waals surface area contributed by atoms with E-state index in [4.69, 9.17) is 42.6 Å². The van der Waals surface area contributed by atoms with Gasteiger partial charge in [0.05, 0.1) is 31.0 Å². The number of hydrogen-bond donors (Lipinski definition) is 5. The van der Waals surface area contributed by atoms with Crippen LogP contribution in [0.5, 0.6) is 0 Å². The number of carbonyl (C=O) groups excluding carboxylic acids is 1. The maximum Gasteiger partial charge on any atom is 0.445 e. The van der Waals surface area contributed by atoms with Crippen molar-refractivity contribution in [2.45, 2.75) is 68.0 Å². The van der Waals surface area contributed by atoms with E-state index in [2.05, 4.69) is 41.9 Å². The Balaban J connectivity index is 0.000000160. The van der Waals surface area contributed by atoms with Crippen LogP contribution in [0.25, 0.3) is 10.4 Å². The molecule has 3 aromatic rings. The summed E-state index contributed by atoms with van der Waals surface area (Å²) in [5.41, 5.74) is 9.16. The molecule has 0 bridgehead atoms. The van der Waals surface area contributed by atoms with E-state index in [0.717, 1.165) is 18.9 Å². The van der Waals surface area contributed by atoms with Crippen LogP contribution in [0.15, 0.2) is 56.2 Å². The number of aliphatic hydroxyl groups is 2. The number of nitrogen functional groups attached to an aromatic ring is 1. The number of H-pyrrole nitrogens is 1. The highest BCUT2D eigenvalue weighted by Crippen LogP contribution is 2.48. The summed E-state index contributed by atoms with van der Waals surface area (Å²) in [4.78, 5) is 54.4. The molecular formula is C32H33ClF3N9O9S. The van der Waals surface area contributed by atoms with Gasteiger partial charge in [0.1, 0.15) is 23.7 Å². The van der Waals surface area contributed by atoms with Gasteiger partial charge in [-0.25, -0.2) is 14.4 Å². The van der Waals surface area contributed by atoms with Gasteiger partial charge in [-0.3, -0.25) is 24.2 Å². The summed E-state index contributed by atoms with van der Waals surface area (Å²) in [6.45, 7) is 1.20. The van der Waals surface area contributed by atoms with Crippen molar-refractivity contribution in [3.05, 3.63) is 94.6 Å². The lowest BCUT2D eigenvalue weighted by Crippen LogP contribution is -2.49. The first kappa shape index (κ1) is 41.2. The Kier molecular flexibility index (Phi) is 12.9. The van der Waals surface area contributed by atoms with Crippen LogP contribution in [0.4, 0.5) is 29.5 Å². The molecule has 2 aromatic heterocycles. The standard InChI is InChI=1S/C14H9ClF3NO2.C10H13N5O4.C8H11N3O3S/c15-9-3-4-11-10(7-9)13(14(16,17)18,21-12(20)19-11)6-5-8-1-2-8;1-5-3-15(10(18)12-9(5)17)8-2-6(13-14-11)7(4-16)19-8;9-5-1-2-11(8(13)10-5)6-4-15-7(3-12)14-6/h3-4,7-8H,1-2H2,(H,19,20);3,6-8,16H,2,4H2,1H3,(H,12,17,18);1-2,6-7,12H,3-4H2,(H2,9,10,13)/t13-;6-,7+,8+;6-,7+/m000/s1. The first-order chi connectivity index (χ1) is 26.1. The molecule has 0 spiro atoms. The maximum atomic E-state index is 13.6. The Hall–Kier alpha value is -5.01. The number of nitrogens with zero attached hydrogens (tertiary/aromatic N) is 6. The van der Waals surface area contributed by atoms with Crippen LogP contribution < -0.4 is 28.0 Å². The molecule has 55 heavy (non-hydrogen) atoms. The third-order valence-corrected chi connectivity index (χ3v) is 9.70. The van der Waals surface area contributed by atoms with Crippen molar-refractivity contribution in [2.75, 3.05) is 30.0 Å². The normalized spacial score (nSPS) is 25.3. The van der Waals surface area contributed by atoms with Crippen molar-refractivity contribution < 1.29 is 42.4 Å². The number of anilines is 2. The average molecular weight is 812 g/mol. The number of carbonyl (C=O) groups is 1. The highest BCUT2D eigenvalue weighted by Gasteiger charge is 2.62. The van der Waals surface area contributed by atoms with E-state index in [1.165, 1.54) is 39.2 Å². The molecule has 1 saturated carbocycles. The number of fused-ring (bicyclic) bond motifs is 1. The Morgan fingerprint density at radius 3 is 2.53 bits per heavy atom. The molecule has 294 valence electrons. The van der Waals surface area contributed by atoms with E-state index in [1.54, 1.807) is 19.2 Å². The van der Waals surface area contributed by atoms with Crippen molar-refractivity contribution in [1.29, 1.82) is 0 Å². The zero-order valence-corrected chi connectivity index (χ0v) is 30.2. The summed E-state index contributed by atoms with van der Waals surface area (Å²) in [5, 5.41) is 23.9. The quantitative estimate of drug-likeness (QED) is 0.108. The van der Waals surface area contributed by atoms with Crippen LogP contribution in [0.3, 0.4) is 0 Å². The number of amides is 1. The number of nitrogens with one attached hydrogen (secondary N) is 2. The van der Waals surface area contributed by atoms with Crippen LogP contribution in [0, 0.1) is 24.7 Å². The van der Waals surface area contributed by atoms with E-state index >= 15 is 0 Å². The molecule has 7 rings (SSSR count). The molecule has 23 heteroatoms. The number of azide groups is 1. The van der Waals surface area contributed by atoms with Crippen molar-refractivity contribution in [2.24, 2.45) is 11.0 Å². The first-order valence-corrected chi connectivity index (χ1v) is 17.8. The van der Waals surface area contributed by atoms with Crippen LogP contribution in [-0.4, -0.2) is 78.1 Å². The van der Waals surface area contributed by atoms with Gasteiger partial charge < -0.3 is 30.2 Å². The smallest absolute Gasteiger partial charge is 0.415 e. The Morgan fingerprint density at radius 2 is 1.91 bits per heavy atom. The monoisotopic (exact) mass is 811 g/mol. The minimum absolute atomic E-state index is 0.00179. The number of rotatable bonds is 5. The maximum absolute atomic E-state index is 13.6. The fraction of sp³-hybridized carbons (Fsp3) is 0.469. The van der Waals surface area contributed by atoms with Gasteiger partial charge in [0.2, 0.25) is 0 Å². The second-order valence-corrected chi connectivity index (χ2v) is 13.9. The summed E-state index contributed by atoms with van der Waals surface area (Å²) in [6, 6.07) is 4.81. The lowest BCUT2D eigenvalue weighted by molar-refractivity contribution is -0.239. The number of benzene rings is 1. The molecule has 5 heterocycles. The molecular weight excluding hydrogens is 779 g/mol. The molecule has 3 aliphatic heterocycles. The zero-order chi connectivity index (χ0) is 40.1.